The molecule has 0 saturated heterocycles. The van der Waals surface area contributed by atoms with E-state index in [1.165, 1.54) is 0 Å². The number of benzene rings is 3. The Kier molecular flexibility index (Phi) is 5.29. The smallest absolute Gasteiger partial charge is 0.165 e. The van der Waals surface area contributed by atoms with E-state index < -0.39 is 0 Å². The lowest BCUT2D eigenvalue weighted by atomic mass is 9.97. The van der Waals surface area contributed by atoms with Gasteiger partial charge in [-0.2, -0.15) is 0 Å². The molecule has 0 fully saturated rings. The zero-order valence-corrected chi connectivity index (χ0v) is 13.9. The lowest BCUT2D eigenvalue weighted by Crippen LogP contribution is -2.15. The SMILES string of the molecule is O=C(CC(Nc1ccccc1)c1cccc(Cl)c1)c1ccccc1. The molecule has 1 atom stereocenters. The van der Waals surface area contributed by atoms with Crippen molar-refractivity contribution in [2.45, 2.75) is 12.5 Å². The summed E-state index contributed by atoms with van der Waals surface area (Å²) in [6.07, 6.45) is 0.360. The molecule has 3 aromatic rings. The number of hydrogen-bond acceptors (Lipinski definition) is 2. The van der Waals surface area contributed by atoms with Gasteiger partial charge in [-0.1, -0.05) is 72.3 Å². The van der Waals surface area contributed by atoms with Crippen LogP contribution in [0, 0.1) is 0 Å². The Morgan fingerprint density at radius 3 is 2.21 bits per heavy atom. The minimum absolute atomic E-state index is 0.101. The van der Waals surface area contributed by atoms with Gasteiger partial charge in [0, 0.05) is 22.7 Å². The quantitative estimate of drug-likeness (QED) is 0.580. The van der Waals surface area contributed by atoms with Crippen LogP contribution in [0.4, 0.5) is 5.69 Å². The van der Waals surface area contributed by atoms with E-state index in [1.807, 2.05) is 84.9 Å². The third kappa shape index (κ3) is 4.24. The molecule has 1 N–H and O–H groups in total. The molecule has 0 bridgehead atoms. The van der Waals surface area contributed by atoms with Gasteiger partial charge in [-0.15, -0.1) is 0 Å². The molecule has 0 amide bonds. The average Bonchev–Trinajstić information content (AvgIpc) is 2.63. The van der Waals surface area contributed by atoms with E-state index in [0.717, 1.165) is 16.8 Å². The molecule has 0 aromatic heterocycles. The molecule has 120 valence electrons. The standard InChI is InChI=1S/C21H18ClNO/c22-18-11-7-10-17(14-18)20(23-19-12-5-2-6-13-19)15-21(24)16-8-3-1-4-9-16/h1-14,20,23H,15H2. The lowest BCUT2D eigenvalue weighted by Gasteiger charge is -2.20. The number of para-hydroxylation sites is 1. The molecule has 1 unspecified atom stereocenters. The van der Waals surface area contributed by atoms with E-state index >= 15 is 0 Å². The van der Waals surface area contributed by atoms with Crippen molar-refractivity contribution in [2.75, 3.05) is 5.32 Å². The van der Waals surface area contributed by atoms with Gasteiger partial charge >= 0.3 is 0 Å². The maximum absolute atomic E-state index is 12.6. The number of rotatable bonds is 6. The highest BCUT2D eigenvalue weighted by atomic mass is 35.5. The van der Waals surface area contributed by atoms with Gasteiger partial charge in [0.2, 0.25) is 0 Å². The number of halogens is 1. The van der Waals surface area contributed by atoms with E-state index in [-0.39, 0.29) is 11.8 Å². The Morgan fingerprint density at radius 1 is 0.875 bits per heavy atom. The number of anilines is 1. The van der Waals surface area contributed by atoms with Crippen molar-refractivity contribution in [3.05, 3.63) is 101 Å². The Bertz CT molecular complexity index is 802. The molecule has 0 radical (unpaired) electrons. The molecule has 24 heavy (non-hydrogen) atoms. The van der Waals surface area contributed by atoms with Crippen LogP contribution in [-0.2, 0) is 0 Å². The van der Waals surface area contributed by atoms with Crippen LogP contribution in [0.15, 0.2) is 84.9 Å². The number of nitrogens with one attached hydrogen (secondary N) is 1. The van der Waals surface area contributed by atoms with Crippen LogP contribution < -0.4 is 5.32 Å². The predicted molar refractivity (Wildman–Crippen MR) is 99.6 cm³/mol. The highest BCUT2D eigenvalue weighted by molar-refractivity contribution is 6.30. The molecule has 3 rings (SSSR count). The molecule has 0 aliphatic carbocycles. The van der Waals surface area contributed by atoms with Crippen LogP contribution in [-0.4, -0.2) is 5.78 Å². The van der Waals surface area contributed by atoms with Crippen molar-refractivity contribution in [3.8, 4) is 0 Å². The van der Waals surface area contributed by atoms with Crippen LogP contribution in [0.2, 0.25) is 5.02 Å². The van der Waals surface area contributed by atoms with Crippen molar-refractivity contribution in [3.63, 3.8) is 0 Å². The molecule has 0 aliphatic heterocycles. The van der Waals surface area contributed by atoms with Crippen LogP contribution >= 0.6 is 11.6 Å². The molecular weight excluding hydrogens is 318 g/mol. The molecule has 0 saturated carbocycles. The third-order valence-corrected chi connectivity index (χ3v) is 4.09. The van der Waals surface area contributed by atoms with Gasteiger partial charge in [0.15, 0.2) is 5.78 Å². The largest absolute Gasteiger partial charge is 0.378 e. The first kappa shape index (κ1) is 16.3. The van der Waals surface area contributed by atoms with Gasteiger partial charge in [0.1, 0.15) is 0 Å². The summed E-state index contributed by atoms with van der Waals surface area (Å²) in [5.41, 5.74) is 2.69. The molecular formula is C21H18ClNO. The molecule has 3 aromatic carbocycles. The Morgan fingerprint density at radius 2 is 1.54 bits per heavy atom. The van der Waals surface area contributed by atoms with Crippen LogP contribution in [0.1, 0.15) is 28.4 Å². The van der Waals surface area contributed by atoms with Gasteiger partial charge in [-0.05, 0) is 29.8 Å². The van der Waals surface area contributed by atoms with Gasteiger partial charge in [-0.3, -0.25) is 4.79 Å². The van der Waals surface area contributed by atoms with E-state index in [9.17, 15) is 4.79 Å². The van der Waals surface area contributed by atoms with Crippen molar-refractivity contribution in [1.82, 2.24) is 0 Å². The van der Waals surface area contributed by atoms with Crippen LogP contribution in [0.25, 0.3) is 0 Å². The first-order chi connectivity index (χ1) is 11.7. The van der Waals surface area contributed by atoms with Gasteiger partial charge in [0.25, 0.3) is 0 Å². The first-order valence-corrected chi connectivity index (χ1v) is 8.25. The van der Waals surface area contributed by atoms with Gasteiger partial charge < -0.3 is 5.32 Å². The van der Waals surface area contributed by atoms with Crippen molar-refractivity contribution in [2.24, 2.45) is 0 Å². The third-order valence-electron chi connectivity index (χ3n) is 3.85. The fourth-order valence-corrected chi connectivity index (χ4v) is 2.84. The molecule has 2 nitrogen and oxygen atoms in total. The maximum Gasteiger partial charge on any atom is 0.165 e. The summed E-state index contributed by atoms with van der Waals surface area (Å²) in [6.45, 7) is 0. The topological polar surface area (TPSA) is 29.1 Å². The Hall–Kier alpha value is -2.58. The maximum atomic E-state index is 12.6. The molecule has 3 heteroatoms. The summed E-state index contributed by atoms with van der Waals surface area (Å²) in [5.74, 6) is 0.101. The number of Topliss-reactive ketones (excluding diaryl/α,β-unsaturated/α-hetero) is 1. The molecule has 0 heterocycles. The fraction of sp³-hybridized carbons (Fsp3) is 0.0952. The highest BCUT2D eigenvalue weighted by Gasteiger charge is 2.17. The second kappa shape index (κ2) is 7.80. The molecule has 0 aliphatic rings. The van der Waals surface area contributed by atoms with E-state index in [0.29, 0.717) is 11.4 Å². The van der Waals surface area contributed by atoms with Crippen molar-refractivity contribution in [1.29, 1.82) is 0 Å². The fourth-order valence-electron chi connectivity index (χ4n) is 2.64. The van der Waals surface area contributed by atoms with Gasteiger partial charge in [0.05, 0.1) is 6.04 Å². The van der Waals surface area contributed by atoms with Crippen molar-refractivity contribution >= 4 is 23.1 Å². The second-order valence-electron chi connectivity index (χ2n) is 5.61. The Labute approximate surface area is 147 Å². The monoisotopic (exact) mass is 335 g/mol. The van der Waals surface area contributed by atoms with E-state index in [2.05, 4.69) is 5.32 Å². The molecule has 0 spiro atoms. The number of ketones is 1. The number of carbonyl (C=O) groups is 1. The number of carbonyl (C=O) groups excluding carboxylic acids is 1. The van der Waals surface area contributed by atoms with Gasteiger partial charge in [-0.25, -0.2) is 0 Å². The van der Waals surface area contributed by atoms with Crippen LogP contribution in [0.3, 0.4) is 0 Å². The summed E-state index contributed by atoms with van der Waals surface area (Å²) < 4.78 is 0. The summed E-state index contributed by atoms with van der Waals surface area (Å²) in [4.78, 5) is 12.6. The predicted octanol–water partition coefficient (Wildman–Crippen LogP) is 5.77. The minimum Gasteiger partial charge on any atom is -0.378 e. The first-order valence-electron chi connectivity index (χ1n) is 7.87. The average molecular weight is 336 g/mol. The lowest BCUT2D eigenvalue weighted by molar-refractivity contribution is 0.0976. The normalized spacial score (nSPS) is 11.7. The highest BCUT2D eigenvalue weighted by Crippen LogP contribution is 2.26. The summed E-state index contributed by atoms with van der Waals surface area (Å²) >= 11 is 6.13. The summed E-state index contributed by atoms with van der Waals surface area (Å²) in [5, 5.41) is 4.11. The number of hydrogen-bond donors (Lipinski definition) is 1. The van der Waals surface area contributed by atoms with Crippen molar-refractivity contribution < 1.29 is 4.79 Å². The Balaban J connectivity index is 1.86. The van der Waals surface area contributed by atoms with E-state index in [4.69, 9.17) is 11.6 Å². The van der Waals surface area contributed by atoms with E-state index in [1.54, 1.807) is 0 Å². The second-order valence-corrected chi connectivity index (χ2v) is 6.05. The van der Waals surface area contributed by atoms with Crippen LogP contribution in [0.5, 0.6) is 0 Å². The summed E-state index contributed by atoms with van der Waals surface area (Å²) in [7, 11) is 0. The minimum atomic E-state index is -0.140. The zero-order valence-electron chi connectivity index (χ0n) is 13.2. The summed E-state index contributed by atoms with van der Waals surface area (Å²) in [6, 6.07) is 26.8. The zero-order chi connectivity index (χ0) is 16.8.